The van der Waals surface area contributed by atoms with Gasteiger partial charge in [-0.15, -0.1) is 0 Å². The molecule has 7 heteroatoms. The van der Waals surface area contributed by atoms with Crippen molar-refractivity contribution in [2.45, 2.75) is 6.18 Å². The van der Waals surface area contributed by atoms with Crippen LogP contribution in [0.15, 0.2) is 53.3 Å². The first-order valence-corrected chi connectivity index (χ1v) is 6.25. The molecule has 2 aromatic carbocycles. The molecule has 0 radical (unpaired) electrons. The van der Waals surface area contributed by atoms with Crippen molar-refractivity contribution in [3.8, 4) is 0 Å². The molecule has 22 heavy (non-hydrogen) atoms. The lowest BCUT2D eigenvalue weighted by atomic mass is 10.1. The average Bonchev–Trinajstić information content (AvgIpc) is 2.94. The fourth-order valence-corrected chi connectivity index (χ4v) is 1.98. The number of carbonyl (C=O) groups is 1. The highest BCUT2D eigenvalue weighted by Gasteiger charge is 2.30. The third-order valence-electron chi connectivity index (χ3n) is 3.04. The van der Waals surface area contributed by atoms with Gasteiger partial charge in [0.05, 0.1) is 5.56 Å². The summed E-state index contributed by atoms with van der Waals surface area (Å²) in [5.74, 6) is -0.524. The Hall–Kier alpha value is -2.83. The molecule has 112 valence electrons. The van der Waals surface area contributed by atoms with E-state index < -0.39 is 17.6 Å². The van der Waals surface area contributed by atoms with Gasteiger partial charge in [0.2, 0.25) is 0 Å². The van der Waals surface area contributed by atoms with Crippen LogP contribution in [0.3, 0.4) is 0 Å². The summed E-state index contributed by atoms with van der Waals surface area (Å²) < 4.78 is 43.0. The summed E-state index contributed by atoms with van der Waals surface area (Å²) in [4.78, 5) is 16.0. The second-order valence-electron chi connectivity index (χ2n) is 4.57. The zero-order valence-corrected chi connectivity index (χ0v) is 11.0. The topological polar surface area (TPSA) is 55.1 Å². The van der Waals surface area contributed by atoms with Crippen LogP contribution in [0.25, 0.3) is 11.1 Å². The maximum absolute atomic E-state index is 12.6. The molecule has 0 aliphatic carbocycles. The van der Waals surface area contributed by atoms with E-state index in [0.29, 0.717) is 11.1 Å². The van der Waals surface area contributed by atoms with E-state index in [1.807, 2.05) is 0 Å². The van der Waals surface area contributed by atoms with Crippen molar-refractivity contribution < 1.29 is 22.4 Å². The van der Waals surface area contributed by atoms with Crippen LogP contribution in [0.2, 0.25) is 0 Å². The first-order chi connectivity index (χ1) is 10.4. The Kier molecular flexibility index (Phi) is 3.32. The van der Waals surface area contributed by atoms with Crippen LogP contribution in [0.5, 0.6) is 0 Å². The van der Waals surface area contributed by atoms with Crippen molar-refractivity contribution in [2.24, 2.45) is 0 Å². The van der Waals surface area contributed by atoms with Crippen LogP contribution in [-0.4, -0.2) is 10.9 Å². The molecule has 1 heterocycles. The molecule has 1 N–H and O–H groups in total. The third kappa shape index (κ3) is 2.78. The van der Waals surface area contributed by atoms with Crippen LogP contribution in [0.1, 0.15) is 15.9 Å². The number of nitrogens with zero attached hydrogens (tertiary/aromatic N) is 1. The van der Waals surface area contributed by atoms with Gasteiger partial charge in [-0.1, -0.05) is 6.07 Å². The number of hydrogen-bond donors (Lipinski definition) is 1. The number of alkyl halides is 3. The van der Waals surface area contributed by atoms with Crippen LogP contribution < -0.4 is 5.32 Å². The molecular formula is C15H9F3N2O2. The molecule has 0 spiro atoms. The molecule has 1 amide bonds. The summed E-state index contributed by atoms with van der Waals surface area (Å²) in [6, 6.07) is 9.03. The number of nitrogens with one attached hydrogen (secondary N) is 1. The van der Waals surface area contributed by atoms with Gasteiger partial charge >= 0.3 is 6.18 Å². The van der Waals surface area contributed by atoms with E-state index in [1.165, 1.54) is 30.7 Å². The number of aromatic nitrogens is 1. The smallest absolute Gasteiger partial charge is 0.416 e. The van der Waals surface area contributed by atoms with Gasteiger partial charge in [0, 0.05) is 11.3 Å². The monoisotopic (exact) mass is 306 g/mol. The van der Waals surface area contributed by atoms with E-state index in [1.54, 1.807) is 6.07 Å². The summed E-state index contributed by atoms with van der Waals surface area (Å²) in [6.07, 6.45) is -3.21. The maximum Gasteiger partial charge on any atom is 0.416 e. The summed E-state index contributed by atoms with van der Waals surface area (Å²) in [7, 11) is 0. The first-order valence-electron chi connectivity index (χ1n) is 6.25. The SMILES string of the molecule is O=C(Nc1cccc(C(F)(F)F)c1)c1ccc2ocnc2c1. The average molecular weight is 306 g/mol. The largest absolute Gasteiger partial charge is 0.443 e. The van der Waals surface area contributed by atoms with Crippen molar-refractivity contribution in [1.82, 2.24) is 4.98 Å². The van der Waals surface area contributed by atoms with E-state index in [2.05, 4.69) is 10.3 Å². The molecule has 0 saturated heterocycles. The number of carbonyl (C=O) groups excluding carboxylic acids is 1. The highest BCUT2D eigenvalue weighted by atomic mass is 19.4. The molecule has 0 fully saturated rings. The number of anilines is 1. The molecule has 1 aromatic heterocycles. The number of benzene rings is 2. The minimum Gasteiger partial charge on any atom is -0.443 e. The first kappa shape index (κ1) is 14.1. The molecule has 3 rings (SSSR count). The van der Waals surface area contributed by atoms with Crippen LogP contribution >= 0.6 is 0 Å². The molecule has 0 bridgehead atoms. The second kappa shape index (κ2) is 5.18. The van der Waals surface area contributed by atoms with Crippen molar-refractivity contribution in [1.29, 1.82) is 0 Å². The zero-order chi connectivity index (χ0) is 15.7. The normalized spacial score (nSPS) is 11.6. The summed E-state index contributed by atoms with van der Waals surface area (Å²) in [5.41, 5.74) is 0.545. The van der Waals surface area contributed by atoms with Crippen LogP contribution in [-0.2, 0) is 6.18 Å². The van der Waals surface area contributed by atoms with Crippen molar-refractivity contribution in [3.05, 3.63) is 60.0 Å². The van der Waals surface area contributed by atoms with Gasteiger partial charge in [-0.05, 0) is 36.4 Å². The molecule has 0 atom stereocenters. The highest BCUT2D eigenvalue weighted by molar-refractivity contribution is 6.05. The minimum absolute atomic E-state index is 0.0695. The quantitative estimate of drug-likeness (QED) is 0.775. The van der Waals surface area contributed by atoms with Crippen molar-refractivity contribution in [3.63, 3.8) is 0 Å². The molecule has 0 aliphatic heterocycles. The summed E-state index contributed by atoms with van der Waals surface area (Å²) in [6.45, 7) is 0. The maximum atomic E-state index is 12.6. The fourth-order valence-electron chi connectivity index (χ4n) is 1.98. The Labute approximate surface area is 122 Å². The predicted molar refractivity (Wildman–Crippen MR) is 73.4 cm³/mol. The number of rotatable bonds is 2. The molecule has 0 aliphatic rings. The van der Waals surface area contributed by atoms with Gasteiger partial charge in [0.25, 0.3) is 5.91 Å². The summed E-state index contributed by atoms with van der Waals surface area (Å²) in [5, 5.41) is 2.43. The van der Waals surface area contributed by atoms with Crippen LogP contribution in [0, 0.1) is 0 Å². The third-order valence-corrected chi connectivity index (χ3v) is 3.04. The van der Waals surface area contributed by atoms with Crippen LogP contribution in [0.4, 0.5) is 18.9 Å². The second-order valence-corrected chi connectivity index (χ2v) is 4.57. The van der Waals surface area contributed by atoms with E-state index in [-0.39, 0.29) is 11.3 Å². The summed E-state index contributed by atoms with van der Waals surface area (Å²) >= 11 is 0. The predicted octanol–water partition coefficient (Wildman–Crippen LogP) is 4.10. The molecule has 0 unspecified atom stereocenters. The number of oxazole rings is 1. The lowest BCUT2D eigenvalue weighted by Crippen LogP contribution is -2.13. The molecule has 3 aromatic rings. The van der Waals surface area contributed by atoms with Gasteiger partial charge in [-0.25, -0.2) is 4.98 Å². The van der Waals surface area contributed by atoms with Gasteiger partial charge in [-0.2, -0.15) is 13.2 Å². The lowest BCUT2D eigenvalue weighted by Gasteiger charge is -2.09. The van der Waals surface area contributed by atoms with E-state index in [9.17, 15) is 18.0 Å². The van der Waals surface area contributed by atoms with Gasteiger partial charge in [0.1, 0.15) is 5.52 Å². The number of hydrogen-bond acceptors (Lipinski definition) is 3. The highest BCUT2D eigenvalue weighted by Crippen LogP contribution is 2.30. The van der Waals surface area contributed by atoms with E-state index in [0.717, 1.165) is 12.1 Å². The van der Waals surface area contributed by atoms with Gasteiger partial charge < -0.3 is 9.73 Å². The number of amides is 1. The van der Waals surface area contributed by atoms with Crippen molar-refractivity contribution in [2.75, 3.05) is 5.32 Å². The lowest BCUT2D eigenvalue weighted by molar-refractivity contribution is -0.137. The Morgan fingerprint density at radius 3 is 2.73 bits per heavy atom. The Morgan fingerprint density at radius 1 is 1.14 bits per heavy atom. The number of halogens is 3. The molecule has 0 saturated carbocycles. The van der Waals surface area contributed by atoms with Gasteiger partial charge in [0.15, 0.2) is 12.0 Å². The molecule has 4 nitrogen and oxygen atoms in total. The minimum atomic E-state index is -4.46. The van der Waals surface area contributed by atoms with E-state index >= 15 is 0 Å². The Morgan fingerprint density at radius 2 is 1.95 bits per heavy atom. The van der Waals surface area contributed by atoms with E-state index in [4.69, 9.17) is 4.42 Å². The Balaban J connectivity index is 1.84. The molecular weight excluding hydrogens is 297 g/mol. The van der Waals surface area contributed by atoms with Crippen molar-refractivity contribution >= 4 is 22.7 Å². The Bertz CT molecular complexity index is 840. The standard InChI is InChI=1S/C15H9F3N2O2/c16-15(17,18)10-2-1-3-11(7-10)20-14(21)9-4-5-13-12(6-9)19-8-22-13/h1-8H,(H,20,21). The van der Waals surface area contributed by atoms with Gasteiger partial charge in [-0.3, -0.25) is 4.79 Å². The zero-order valence-electron chi connectivity index (χ0n) is 11.0. The number of fused-ring (bicyclic) bond motifs is 1. The fraction of sp³-hybridized carbons (Fsp3) is 0.0667.